The summed E-state index contributed by atoms with van der Waals surface area (Å²) in [6, 6.07) is 14.1. The highest BCUT2D eigenvalue weighted by molar-refractivity contribution is 5.94. The van der Waals surface area contributed by atoms with Gasteiger partial charge in [-0.3, -0.25) is 14.4 Å². The average Bonchev–Trinajstić information content (AvgIpc) is 3.36. The van der Waals surface area contributed by atoms with Crippen LogP contribution < -0.4 is 4.90 Å². The van der Waals surface area contributed by atoms with Gasteiger partial charge in [0.25, 0.3) is 5.91 Å². The van der Waals surface area contributed by atoms with Crippen molar-refractivity contribution < 1.29 is 23.5 Å². The van der Waals surface area contributed by atoms with Gasteiger partial charge in [0.1, 0.15) is 5.82 Å². The predicted molar refractivity (Wildman–Crippen MR) is 128 cm³/mol. The van der Waals surface area contributed by atoms with Gasteiger partial charge in [0.15, 0.2) is 12.4 Å². The zero-order valence-electron chi connectivity index (χ0n) is 19.5. The number of amides is 1. The molecule has 2 aromatic carbocycles. The maximum Gasteiger partial charge on any atom is 0.306 e. The Bertz CT molecular complexity index is 1200. The van der Waals surface area contributed by atoms with Crippen LogP contribution in [-0.4, -0.2) is 65.1 Å². The Hall–Kier alpha value is -4.01. The third kappa shape index (κ3) is 6.11. The van der Waals surface area contributed by atoms with Gasteiger partial charge < -0.3 is 14.5 Å². The van der Waals surface area contributed by atoms with Crippen LogP contribution in [0.5, 0.6) is 0 Å². The lowest BCUT2D eigenvalue weighted by Crippen LogP contribution is -2.50. The maximum atomic E-state index is 14.4. The van der Waals surface area contributed by atoms with Gasteiger partial charge in [0.2, 0.25) is 0 Å². The number of ether oxygens (including phenoxy) is 1. The minimum atomic E-state index is -0.458. The first kappa shape index (κ1) is 24.1. The molecule has 0 bridgehead atoms. The van der Waals surface area contributed by atoms with Gasteiger partial charge in [-0.2, -0.15) is 5.10 Å². The number of halogens is 1. The first-order valence-electron chi connectivity index (χ1n) is 11.5. The van der Waals surface area contributed by atoms with E-state index >= 15 is 0 Å². The molecule has 1 aliphatic heterocycles. The Labute approximate surface area is 202 Å². The van der Waals surface area contributed by atoms with Crippen molar-refractivity contribution in [2.45, 2.75) is 19.8 Å². The highest BCUT2D eigenvalue weighted by Crippen LogP contribution is 2.22. The number of piperazine rings is 1. The third-order valence-corrected chi connectivity index (χ3v) is 5.96. The highest BCUT2D eigenvalue weighted by Gasteiger charge is 2.24. The van der Waals surface area contributed by atoms with Crippen molar-refractivity contribution in [3.63, 3.8) is 0 Å². The zero-order chi connectivity index (χ0) is 24.8. The van der Waals surface area contributed by atoms with Crippen molar-refractivity contribution in [1.82, 2.24) is 14.7 Å². The maximum absolute atomic E-state index is 14.4. The Balaban J connectivity index is 1.19. The Kier molecular flexibility index (Phi) is 7.54. The molecule has 0 N–H and O–H groups in total. The molecule has 9 heteroatoms. The summed E-state index contributed by atoms with van der Waals surface area (Å²) < 4.78 is 21.3. The molecule has 0 aliphatic carbocycles. The molecule has 35 heavy (non-hydrogen) atoms. The standard InChI is InChI=1S/C26H27FN4O4/c1-19(32)21-8-9-24(23(27)15-21)29-11-13-30(14-12-29)25(33)18-35-26(34)10-7-20-16-28-31(17-20)22-5-3-2-4-6-22/h2-6,8-9,15-17H,7,10-14,18H2,1H3. The molecule has 0 radical (unpaired) electrons. The Morgan fingerprint density at radius 1 is 1.03 bits per heavy atom. The number of aromatic nitrogens is 2. The fraction of sp³-hybridized carbons (Fsp3) is 0.308. The van der Waals surface area contributed by atoms with Gasteiger partial charge in [0, 0.05) is 44.4 Å². The number of Topliss-reactive ketones (excluding diaryl/α,β-unsaturated/α-hetero) is 1. The van der Waals surface area contributed by atoms with Crippen LogP contribution in [0.1, 0.15) is 29.3 Å². The van der Waals surface area contributed by atoms with Crippen LogP contribution >= 0.6 is 0 Å². The van der Waals surface area contributed by atoms with E-state index in [9.17, 15) is 18.8 Å². The minimum Gasteiger partial charge on any atom is -0.456 e. The molecule has 1 aliphatic rings. The third-order valence-electron chi connectivity index (χ3n) is 5.96. The van der Waals surface area contributed by atoms with Crippen molar-refractivity contribution in [3.05, 3.63) is 77.9 Å². The molecule has 1 saturated heterocycles. The van der Waals surface area contributed by atoms with Gasteiger partial charge in [0.05, 0.1) is 17.6 Å². The van der Waals surface area contributed by atoms with Crippen molar-refractivity contribution in [2.75, 3.05) is 37.7 Å². The molecule has 1 aromatic heterocycles. The van der Waals surface area contributed by atoms with Crippen LogP contribution in [0.2, 0.25) is 0 Å². The van der Waals surface area contributed by atoms with Crippen LogP contribution in [-0.2, 0) is 20.7 Å². The van der Waals surface area contributed by atoms with Crippen molar-refractivity contribution in [2.24, 2.45) is 0 Å². The fourth-order valence-electron chi connectivity index (χ4n) is 3.94. The van der Waals surface area contributed by atoms with Crippen molar-refractivity contribution in [3.8, 4) is 5.69 Å². The largest absolute Gasteiger partial charge is 0.456 e. The molecule has 3 aromatic rings. The number of carbonyl (C=O) groups is 3. The predicted octanol–water partition coefficient (Wildman–Crippen LogP) is 3.04. The van der Waals surface area contributed by atoms with E-state index in [0.29, 0.717) is 43.9 Å². The summed E-state index contributed by atoms with van der Waals surface area (Å²) >= 11 is 0. The molecule has 1 fully saturated rings. The van der Waals surface area contributed by atoms with Gasteiger partial charge in [-0.1, -0.05) is 18.2 Å². The van der Waals surface area contributed by atoms with E-state index in [-0.39, 0.29) is 24.7 Å². The SMILES string of the molecule is CC(=O)c1ccc(N2CCN(C(=O)COC(=O)CCc3cnn(-c4ccccc4)c3)CC2)c(F)c1. The summed E-state index contributed by atoms with van der Waals surface area (Å²) in [4.78, 5) is 39.5. The number of ketones is 1. The molecule has 0 saturated carbocycles. The minimum absolute atomic E-state index is 0.150. The van der Waals surface area contributed by atoms with Crippen molar-refractivity contribution in [1.29, 1.82) is 0 Å². The van der Waals surface area contributed by atoms with E-state index in [1.54, 1.807) is 27.9 Å². The number of esters is 1. The number of hydrogen-bond donors (Lipinski definition) is 0. The average molecular weight is 479 g/mol. The van der Waals surface area contributed by atoms with E-state index in [1.165, 1.54) is 13.0 Å². The van der Waals surface area contributed by atoms with E-state index in [4.69, 9.17) is 4.74 Å². The summed E-state index contributed by atoms with van der Waals surface area (Å²) in [5, 5.41) is 4.31. The summed E-state index contributed by atoms with van der Waals surface area (Å²) in [6.45, 7) is 2.75. The number of anilines is 1. The molecule has 2 heterocycles. The molecule has 4 rings (SSSR count). The van der Waals surface area contributed by atoms with Gasteiger partial charge in [-0.15, -0.1) is 0 Å². The van der Waals surface area contributed by atoms with Gasteiger partial charge in [-0.05, 0) is 49.2 Å². The first-order valence-corrected chi connectivity index (χ1v) is 11.5. The molecule has 1 amide bonds. The number of para-hydroxylation sites is 1. The summed E-state index contributed by atoms with van der Waals surface area (Å²) in [5.41, 5.74) is 2.57. The molecule has 0 atom stereocenters. The Morgan fingerprint density at radius 3 is 2.46 bits per heavy atom. The smallest absolute Gasteiger partial charge is 0.306 e. The number of hydrogen-bond acceptors (Lipinski definition) is 6. The number of rotatable bonds is 8. The van der Waals surface area contributed by atoms with E-state index < -0.39 is 11.8 Å². The quantitative estimate of drug-likeness (QED) is 0.366. The molecule has 182 valence electrons. The second kappa shape index (κ2) is 10.9. The van der Waals surface area contributed by atoms with E-state index in [2.05, 4.69) is 5.10 Å². The number of aryl methyl sites for hydroxylation is 1. The van der Waals surface area contributed by atoms with Crippen LogP contribution in [0, 0.1) is 5.82 Å². The number of benzene rings is 2. The molecule has 0 spiro atoms. The summed E-state index contributed by atoms with van der Waals surface area (Å²) in [5.74, 6) is -1.37. The lowest BCUT2D eigenvalue weighted by Gasteiger charge is -2.36. The Morgan fingerprint density at radius 2 is 1.77 bits per heavy atom. The van der Waals surface area contributed by atoms with Crippen LogP contribution in [0.4, 0.5) is 10.1 Å². The first-order chi connectivity index (χ1) is 16.9. The molecule has 8 nitrogen and oxygen atoms in total. The monoisotopic (exact) mass is 478 g/mol. The van der Waals surface area contributed by atoms with Gasteiger partial charge in [-0.25, -0.2) is 9.07 Å². The molecule has 0 unspecified atom stereocenters. The zero-order valence-corrected chi connectivity index (χ0v) is 19.5. The normalized spacial score (nSPS) is 13.5. The molecular weight excluding hydrogens is 451 g/mol. The summed E-state index contributed by atoms with van der Waals surface area (Å²) in [7, 11) is 0. The molecular formula is C26H27FN4O4. The second-order valence-corrected chi connectivity index (χ2v) is 8.38. The van der Waals surface area contributed by atoms with E-state index in [0.717, 1.165) is 11.3 Å². The van der Waals surface area contributed by atoms with Crippen LogP contribution in [0.15, 0.2) is 60.9 Å². The van der Waals surface area contributed by atoms with E-state index in [1.807, 2.05) is 41.4 Å². The second-order valence-electron chi connectivity index (χ2n) is 8.38. The number of nitrogens with zero attached hydrogens (tertiary/aromatic N) is 4. The van der Waals surface area contributed by atoms with Gasteiger partial charge >= 0.3 is 5.97 Å². The highest BCUT2D eigenvalue weighted by atomic mass is 19.1. The van der Waals surface area contributed by atoms with Crippen LogP contribution in [0.25, 0.3) is 5.69 Å². The lowest BCUT2D eigenvalue weighted by atomic mass is 10.1. The lowest BCUT2D eigenvalue weighted by molar-refractivity contribution is -0.152. The summed E-state index contributed by atoms with van der Waals surface area (Å²) in [6.07, 6.45) is 4.19. The van der Waals surface area contributed by atoms with Crippen LogP contribution in [0.3, 0.4) is 0 Å². The fourth-order valence-corrected chi connectivity index (χ4v) is 3.94. The van der Waals surface area contributed by atoms with Crippen molar-refractivity contribution >= 4 is 23.3 Å². The number of carbonyl (C=O) groups excluding carboxylic acids is 3. The topological polar surface area (TPSA) is 84.7 Å².